The van der Waals surface area contributed by atoms with Gasteiger partial charge < -0.3 is 19.7 Å². The van der Waals surface area contributed by atoms with Crippen molar-refractivity contribution in [2.24, 2.45) is 0 Å². The number of rotatable bonds is 17. The van der Waals surface area contributed by atoms with Crippen LogP contribution in [0.5, 0.6) is 11.5 Å². The minimum Gasteiger partial charge on any atom is -0.490 e. The van der Waals surface area contributed by atoms with E-state index < -0.39 is 0 Å². The highest BCUT2D eigenvalue weighted by molar-refractivity contribution is 5.43. The van der Waals surface area contributed by atoms with E-state index >= 15 is 0 Å². The van der Waals surface area contributed by atoms with Crippen LogP contribution in [-0.2, 0) is 13.2 Å². The van der Waals surface area contributed by atoms with Gasteiger partial charge in [-0.2, -0.15) is 0 Å². The van der Waals surface area contributed by atoms with E-state index in [0.29, 0.717) is 13.2 Å². The van der Waals surface area contributed by atoms with Crippen LogP contribution < -0.4 is 14.8 Å². The molecular formula is C28H44N2O2. The molecule has 0 saturated carbocycles. The Balaban J connectivity index is 1.80. The molecule has 4 nitrogen and oxygen atoms in total. The summed E-state index contributed by atoms with van der Waals surface area (Å²) in [4.78, 5) is 2.63. The SMILES string of the molecule is CCCCN(CCCC)CCCNCc1ccc(OCc2ccc(C)cc2)c(OCC)c1. The molecular weight excluding hydrogens is 396 g/mol. The molecule has 0 aliphatic heterocycles. The Hall–Kier alpha value is -2.04. The fourth-order valence-electron chi connectivity index (χ4n) is 3.65. The number of unbranched alkanes of at least 4 members (excludes halogenated alkanes) is 2. The normalized spacial score (nSPS) is 11.2. The van der Waals surface area contributed by atoms with E-state index in [1.54, 1.807) is 0 Å². The lowest BCUT2D eigenvalue weighted by Gasteiger charge is -2.22. The van der Waals surface area contributed by atoms with Crippen LogP contribution in [0.15, 0.2) is 42.5 Å². The molecule has 0 aliphatic rings. The number of aryl methyl sites for hydroxylation is 1. The molecule has 0 radical (unpaired) electrons. The maximum absolute atomic E-state index is 6.05. The van der Waals surface area contributed by atoms with E-state index in [-0.39, 0.29) is 0 Å². The van der Waals surface area contributed by atoms with Crippen molar-refractivity contribution < 1.29 is 9.47 Å². The lowest BCUT2D eigenvalue weighted by Crippen LogP contribution is -2.29. The second-order valence-corrected chi connectivity index (χ2v) is 8.57. The highest BCUT2D eigenvalue weighted by Gasteiger charge is 2.08. The van der Waals surface area contributed by atoms with Crippen molar-refractivity contribution in [3.8, 4) is 11.5 Å². The highest BCUT2D eigenvalue weighted by atomic mass is 16.5. The minimum atomic E-state index is 0.546. The third kappa shape index (κ3) is 10.1. The van der Waals surface area contributed by atoms with Gasteiger partial charge in [0.2, 0.25) is 0 Å². The van der Waals surface area contributed by atoms with Gasteiger partial charge in [-0.25, -0.2) is 0 Å². The summed E-state index contributed by atoms with van der Waals surface area (Å²) in [5.74, 6) is 1.63. The third-order valence-electron chi connectivity index (χ3n) is 5.64. The van der Waals surface area contributed by atoms with Crippen LogP contribution in [0, 0.1) is 6.92 Å². The highest BCUT2D eigenvalue weighted by Crippen LogP contribution is 2.29. The summed E-state index contributed by atoms with van der Waals surface area (Å²) in [6, 6.07) is 14.7. The second kappa shape index (κ2) is 15.7. The topological polar surface area (TPSA) is 33.7 Å². The molecule has 178 valence electrons. The number of nitrogens with zero attached hydrogens (tertiary/aromatic N) is 1. The van der Waals surface area contributed by atoms with Gasteiger partial charge in [-0.1, -0.05) is 62.6 Å². The maximum atomic E-state index is 6.05. The minimum absolute atomic E-state index is 0.546. The average Bonchev–Trinajstić information content (AvgIpc) is 2.80. The van der Waals surface area contributed by atoms with Gasteiger partial charge in [0.1, 0.15) is 6.61 Å². The number of nitrogens with one attached hydrogen (secondary N) is 1. The first-order valence-corrected chi connectivity index (χ1v) is 12.5. The van der Waals surface area contributed by atoms with E-state index in [4.69, 9.17) is 9.47 Å². The van der Waals surface area contributed by atoms with E-state index in [9.17, 15) is 0 Å². The molecule has 0 fully saturated rings. The lowest BCUT2D eigenvalue weighted by molar-refractivity contribution is 0.261. The van der Waals surface area contributed by atoms with Crippen molar-refractivity contribution in [3.05, 3.63) is 59.2 Å². The summed E-state index contributed by atoms with van der Waals surface area (Å²) < 4.78 is 11.9. The van der Waals surface area contributed by atoms with E-state index in [1.165, 1.54) is 62.9 Å². The Kier molecular flexibility index (Phi) is 12.9. The lowest BCUT2D eigenvalue weighted by atomic mass is 10.1. The molecule has 2 aromatic carbocycles. The molecule has 32 heavy (non-hydrogen) atoms. The quantitative estimate of drug-likeness (QED) is 0.290. The Bertz CT molecular complexity index is 738. The van der Waals surface area contributed by atoms with Crippen molar-refractivity contribution in [1.29, 1.82) is 0 Å². The summed E-state index contributed by atoms with van der Waals surface area (Å²) in [5, 5.41) is 3.60. The molecule has 0 saturated heterocycles. The monoisotopic (exact) mass is 440 g/mol. The van der Waals surface area contributed by atoms with Crippen LogP contribution >= 0.6 is 0 Å². The Labute approximate surface area is 196 Å². The Morgan fingerprint density at radius 3 is 2.06 bits per heavy atom. The van der Waals surface area contributed by atoms with Gasteiger partial charge in [0.05, 0.1) is 6.61 Å². The van der Waals surface area contributed by atoms with Gasteiger partial charge in [0.15, 0.2) is 11.5 Å². The first-order valence-electron chi connectivity index (χ1n) is 12.5. The smallest absolute Gasteiger partial charge is 0.161 e. The van der Waals surface area contributed by atoms with E-state index in [0.717, 1.165) is 30.2 Å². The van der Waals surface area contributed by atoms with Crippen molar-refractivity contribution in [2.75, 3.05) is 32.8 Å². The summed E-state index contributed by atoms with van der Waals surface area (Å²) >= 11 is 0. The Morgan fingerprint density at radius 2 is 1.41 bits per heavy atom. The molecule has 0 spiro atoms. The zero-order chi connectivity index (χ0) is 23.0. The summed E-state index contributed by atoms with van der Waals surface area (Å²) in [6.45, 7) is 15.4. The zero-order valence-corrected chi connectivity index (χ0v) is 20.8. The van der Waals surface area contributed by atoms with Gasteiger partial charge in [-0.3, -0.25) is 0 Å². The molecule has 0 unspecified atom stereocenters. The number of benzene rings is 2. The first kappa shape index (κ1) is 26.2. The molecule has 4 heteroatoms. The number of ether oxygens (including phenoxy) is 2. The Morgan fingerprint density at radius 1 is 0.750 bits per heavy atom. The molecule has 0 heterocycles. The third-order valence-corrected chi connectivity index (χ3v) is 5.64. The van der Waals surface area contributed by atoms with Gasteiger partial charge in [0.25, 0.3) is 0 Å². The molecule has 0 bridgehead atoms. The number of hydrogen-bond acceptors (Lipinski definition) is 4. The largest absolute Gasteiger partial charge is 0.490 e. The summed E-state index contributed by atoms with van der Waals surface area (Å²) in [5.41, 5.74) is 3.65. The van der Waals surface area contributed by atoms with Crippen LogP contribution in [-0.4, -0.2) is 37.7 Å². The van der Waals surface area contributed by atoms with Gasteiger partial charge in [-0.05, 0) is 82.5 Å². The van der Waals surface area contributed by atoms with Crippen LogP contribution in [0.1, 0.15) is 69.6 Å². The molecule has 2 rings (SSSR count). The maximum Gasteiger partial charge on any atom is 0.161 e. The molecule has 0 amide bonds. The van der Waals surface area contributed by atoms with Crippen molar-refractivity contribution in [2.45, 2.75) is 73.0 Å². The summed E-state index contributed by atoms with van der Waals surface area (Å²) in [7, 11) is 0. The zero-order valence-electron chi connectivity index (χ0n) is 20.8. The predicted octanol–water partition coefficient (Wildman–Crippen LogP) is 6.35. The fraction of sp³-hybridized carbons (Fsp3) is 0.571. The van der Waals surface area contributed by atoms with Crippen molar-refractivity contribution >= 4 is 0 Å². The van der Waals surface area contributed by atoms with Crippen LogP contribution in [0.2, 0.25) is 0 Å². The first-order chi connectivity index (χ1) is 15.7. The molecule has 2 aromatic rings. The van der Waals surface area contributed by atoms with Crippen LogP contribution in [0.3, 0.4) is 0 Å². The van der Waals surface area contributed by atoms with Crippen LogP contribution in [0.25, 0.3) is 0 Å². The fourth-order valence-corrected chi connectivity index (χ4v) is 3.65. The molecule has 0 atom stereocenters. The summed E-state index contributed by atoms with van der Waals surface area (Å²) in [6.07, 6.45) is 6.33. The molecule has 0 aliphatic carbocycles. The molecule has 0 aromatic heterocycles. The average molecular weight is 441 g/mol. The predicted molar refractivity (Wildman–Crippen MR) is 136 cm³/mol. The standard InChI is InChI=1S/C28H44N2O2/c1-5-8-18-30(19-9-6-2)20-10-17-29-22-26-15-16-27(28(21-26)31-7-3)32-23-25-13-11-24(4)12-14-25/h11-16,21,29H,5-10,17-20,22-23H2,1-4H3. The molecule has 1 N–H and O–H groups in total. The van der Waals surface area contributed by atoms with E-state index in [2.05, 4.69) is 67.4 Å². The number of hydrogen-bond donors (Lipinski definition) is 1. The second-order valence-electron chi connectivity index (χ2n) is 8.57. The van der Waals surface area contributed by atoms with Crippen molar-refractivity contribution in [1.82, 2.24) is 10.2 Å². The van der Waals surface area contributed by atoms with Crippen molar-refractivity contribution in [3.63, 3.8) is 0 Å². The van der Waals surface area contributed by atoms with Gasteiger partial charge in [0, 0.05) is 6.54 Å². The van der Waals surface area contributed by atoms with Gasteiger partial charge in [-0.15, -0.1) is 0 Å². The van der Waals surface area contributed by atoms with Crippen LogP contribution in [0.4, 0.5) is 0 Å². The van der Waals surface area contributed by atoms with Gasteiger partial charge >= 0.3 is 0 Å². The van der Waals surface area contributed by atoms with E-state index in [1.807, 2.05) is 13.0 Å².